The van der Waals surface area contributed by atoms with Crippen LogP contribution in [0.2, 0.25) is 0 Å². The minimum atomic E-state index is 0.855. The first-order valence-corrected chi connectivity index (χ1v) is 10.1. The van der Waals surface area contributed by atoms with E-state index in [-0.39, 0.29) is 0 Å². The molecular formula is C19H22N6S. The highest BCUT2D eigenvalue weighted by atomic mass is 32.2. The van der Waals surface area contributed by atoms with Gasteiger partial charge in [-0.15, -0.1) is 0 Å². The van der Waals surface area contributed by atoms with E-state index >= 15 is 0 Å². The number of hydrazone groups is 1. The minimum Gasteiger partial charge on any atom is -0.337 e. The number of nitrogens with zero attached hydrogens (tertiary/aromatic N) is 4. The second-order valence-electron chi connectivity index (χ2n) is 7.20. The maximum atomic E-state index is 4.39. The lowest BCUT2D eigenvalue weighted by Crippen LogP contribution is -2.33. The van der Waals surface area contributed by atoms with E-state index in [1.807, 2.05) is 0 Å². The summed E-state index contributed by atoms with van der Waals surface area (Å²) in [5, 5.41) is 8.42. The van der Waals surface area contributed by atoms with Crippen LogP contribution in [-0.4, -0.2) is 33.8 Å². The molecule has 5 rings (SSSR count). The number of fused-ring (bicyclic) bond motifs is 2. The zero-order valence-electron chi connectivity index (χ0n) is 14.6. The number of hydrogen-bond donors (Lipinski definition) is 2. The molecule has 3 aliphatic heterocycles. The monoisotopic (exact) mass is 366 g/mol. The number of piperidine rings is 1. The summed E-state index contributed by atoms with van der Waals surface area (Å²) in [5.41, 5.74) is 5.47. The van der Waals surface area contributed by atoms with Gasteiger partial charge in [-0.05, 0) is 56.0 Å². The minimum absolute atomic E-state index is 0.855. The number of anilines is 2. The number of hydrogen-bond acceptors (Lipinski definition) is 7. The summed E-state index contributed by atoms with van der Waals surface area (Å²) >= 11 is 1.69. The molecule has 0 saturated carbocycles. The van der Waals surface area contributed by atoms with Gasteiger partial charge in [-0.3, -0.25) is 10.3 Å². The summed E-state index contributed by atoms with van der Waals surface area (Å²) in [7, 11) is 0. The molecule has 6 nitrogen and oxygen atoms in total. The van der Waals surface area contributed by atoms with Crippen molar-refractivity contribution in [1.29, 1.82) is 0 Å². The third kappa shape index (κ3) is 3.54. The molecule has 1 saturated heterocycles. The van der Waals surface area contributed by atoms with E-state index in [0.717, 1.165) is 35.4 Å². The first kappa shape index (κ1) is 16.1. The molecule has 0 atom stereocenters. The van der Waals surface area contributed by atoms with Crippen LogP contribution < -0.4 is 10.7 Å². The average molecular weight is 366 g/mol. The van der Waals surface area contributed by atoms with Gasteiger partial charge in [0.2, 0.25) is 0 Å². The van der Waals surface area contributed by atoms with Gasteiger partial charge in [0.05, 0.1) is 5.69 Å². The summed E-state index contributed by atoms with van der Waals surface area (Å²) in [4.78, 5) is 12.6. The van der Waals surface area contributed by atoms with Crippen LogP contribution >= 0.6 is 11.8 Å². The van der Waals surface area contributed by atoms with Crippen LogP contribution in [0, 0.1) is 5.92 Å². The van der Waals surface area contributed by atoms with Crippen LogP contribution in [0.15, 0.2) is 45.6 Å². The smallest absolute Gasteiger partial charge is 0.163 e. The lowest BCUT2D eigenvalue weighted by molar-refractivity contribution is 0.173. The molecule has 0 bridgehead atoms. The number of benzene rings is 1. The topological polar surface area (TPSA) is 75.4 Å². The Morgan fingerprint density at radius 1 is 1.15 bits per heavy atom. The number of nitrogens with one attached hydrogen (secondary N) is 2. The third-order valence-corrected chi connectivity index (χ3v) is 6.41. The fraction of sp³-hybridized carbons (Fsp3) is 0.421. The third-order valence-electron chi connectivity index (χ3n) is 5.34. The molecule has 1 fully saturated rings. The van der Waals surface area contributed by atoms with Crippen molar-refractivity contribution in [3.63, 3.8) is 0 Å². The Balaban J connectivity index is 1.19. The van der Waals surface area contributed by atoms with Crippen LogP contribution in [0.3, 0.4) is 0 Å². The Morgan fingerprint density at radius 3 is 2.85 bits per heavy atom. The Morgan fingerprint density at radius 2 is 2.00 bits per heavy atom. The zero-order chi connectivity index (χ0) is 17.3. The summed E-state index contributed by atoms with van der Waals surface area (Å²) in [6.45, 7) is 3.41. The van der Waals surface area contributed by atoms with Crippen LogP contribution in [0.25, 0.3) is 0 Å². The fourth-order valence-corrected chi connectivity index (χ4v) is 4.64. The normalized spacial score (nSPS) is 19.0. The van der Waals surface area contributed by atoms with E-state index in [1.165, 1.54) is 48.6 Å². The molecule has 134 valence electrons. The van der Waals surface area contributed by atoms with Gasteiger partial charge in [0, 0.05) is 30.3 Å². The van der Waals surface area contributed by atoms with Gasteiger partial charge in [-0.1, -0.05) is 17.8 Å². The Bertz CT molecular complexity index is 844. The predicted molar refractivity (Wildman–Crippen MR) is 104 cm³/mol. The average Bonchev–Trinajstić information content (AvgIpc) is 3.50. The van der Waals surface area contributed by atoms with Crippen molar-refractivity contribution in [2.45, 2.75) is 42.1 Å². The molecule has 0 aliphatic carbocycles. The second-order valence-corrected chi connectivity index (χ2v) is 8.23. The maximum Gasteiger partial charge on any atom is 0.163 e. The second kappa shape index (κ2) is 6.89. The quantitative estimate of drug-likeness (QED) is 0.719. The summed E-state index contributed by atoms with van der Waals surface area (Å²) in [6.07, 6.45) is 8.48. The molecule has 3 aliphatic rings. The molecule has 0 spiro atoms. The van der Waals surface area contributed by atoms with Crippen LogP contribution in [0.1, 0.15) is 31.2 Å². The van der Waals surface area contributed by atoms with Crippen molar-refractivity contribution in [3.8, 4) is 0 Å². The predicted octanol–water partition coefficient (Wildman–Crippen LogP) is 3.59. The van der Waals surface area contributed by atoms with Gasteiger partial charge in [-0.2, -0.15) is 5.10 Å². The molecule has 26 heavy (non-hydrogen) atoms. The fourth-order valence-electron chi connectivity index (χ4n) is 3.76. The maximum absolute atomic E-state index is 4.39. The standard InChI is InChI=1S/C19H22N6S/c1-3-16-15(22-18-19(26-16)21-8-7-20-18)11-14(1)12-25-9-5-13(6-10-25)2-4-17-23-24-17/h1,3,7-8,11,13H,2,4-6,9-10,12H2,(H,20,22)(H,23,24). The highest BCUT2D eigenvalue weighted by molar-refractivity contribution is 7.99. The van der Waals surface area contributed by atoms with E-state index in [1.54, 1.807) is 24.2 Å². The number of likely N-dealkylation sites (tertiary alicyclic amines) is 1. The number of rotatable bonds is 5. The highest BCUT2D eigenvalue weighted by Crippen LogP contribution is 2.42. The van der Waals surface area contributed by atoms with Crippen LogP contribution in [-0.2, 0) is 6.54 Å². The molecule has 0 amide bonds. The van der Waals surface area contributed by atoms with Gasteiger partial charge in [0.15, 0.2) is 5.82 Å². The first-order valence-electron chi connectivity index (χ1n) is 9.27. The van der Waals surface area contributed by atoms with Gasteiger partial charge in [0.1, 0.15) is 10.9 Å². The van der Waals surface area contributed by atoms with E-state index in [2.05, 4.69) is 48.9 Å². The van der Waals surface area contributed by atoms with Gasteiger partial charge < -0.3 is 5.32 Å². The molecule has 4 heterocycles. The first-order chi connectivity index (χ1) is 12.8. The number of aromatic nitrogens is 2. The van der Waals surface area contributed by atoms with E-state index in [0.29, 0.717) is 0 Å². The van der Waals surface area contributed by atoms with Crippen molar-refractivity contribution >= 4 is 29.1 Å². The molecule has 0 unspecified atom stereocenters. The lowest BCUT2D eigenvalue weighted by atomic mass is 9.92. The molecule has 0 radical (unpaired) electrons. The van der Waals surface area contributed by atoms with E-state index < -0.39 is 0 Å². The molecule has 2 aromatic rings. The Kier molecular flexibility index (Phi) is 4.26. The SMILES string of the molecule is c1cnc2c(n1)Nc1cc(CN3CCC(CCC4=NN4)CC3)ccc1S2. The van der Waals surface area contributed by atoms with Gasteiger partial charge in [-0.25, -0.2) is 9.97 Å². The van der Waals surface area contributed by atoms with Gasteiger partial charge in [0.25, 0.3) is 0 Å². The lowest BCUT2D eigenvalue weighted by Gasteiger charge is -2.32. The molecule has 7 heteroatoms. The summed E-state index contributed by atoms with van der Waals surface area (Å²) in [5.74, 6) is 2.91. The van der Waals surface area contributed by atoms with Crippen molar-refractivity contribution in [2.75, 3.05) is 18.4 Å². The molecule has 2 N–H and O–H groups in total. The van der Waals surface area contributed by atoms with Crippen molar-refractivity contribution in [3.05, 3.63) is 36.2 Å². The van der Waals surface area contributed by atoms with E-state index in [4.69, 9.17) is 0 Å². The van der Waals surface area contributed by atoms with Crippen LogP contribution in [0.4, 0.5) is 11.5 Å². The molecular weight excluding hydrogens is 344 g/mol. The molecule has 1 aromatic heterocycles. The Hall–Kier alpha value is -2.12. The summed E-state index contributed by atoms with van der Waals surface area (Å²) in [6, 6.07) is 6.72. The molecule has 1 aromatic carbocycles. The summed E-state index contributed by atoms with van der Waals surface area (Å²) < 4.78 is 0. The van der Waals surface area contributed by atoms with Crippen molar-refractivity contribution in [1.82, 2.24) is 20.3 Å². The van der Waals surface area contributed by atoms with E-state index in [9.17, 15) is 0 Å². The number of amidine groups is 1. The largest absolute Gasteiger partial charge is 0.337 e. The van der Waals surface area contributed by atoms with Crippen molar-refractivity contribution in [2.24, 2.45) is 11.0 Å². The van der Waals surface area contributed by atoms with Crippen LogP contribution in [0.5, 0.6) is 0 Å². The highest BCUT2D eigenvalue weighted by Gasteiger charge is 2.22. The van der Waals surface area contributed by atoms with Gasteiger partial charge >= 0.3 is 0 Å². The Labute approximate surface area is 157 Å². The van der Waals surface area contributed by atoms with Crippen molar-refractivity contribution < 1.29 is 0 Å². The zero-order valence-corrected chi connectivity index (χ0v) is 15.4.